The molecule has 2 aromatic carbocycles. The molecule has 23 heavy (non-hydrogen) atoms. The molecule has 0 amide bonds. The molecule has 0 aliphatic carbocycles. The van der Waals surface area contributed by atoms with E-state index >= 15 is 0 Å². The van der Waals surface area contributed by atoms with E-state index in [1.54, 1.807) is 25.3 Å². The van der Waals surface area contributed by atoms with Crippen molar-refractivity contribution in [2.45, 2.75) is 4.90 Å². The van der Waals surface area contributed by atoms with Gasteiger partial charge in [0.1, 0.15) is 11.5 Å². The van der Waals surface area contributed by atoms with Gasteiger partial charge in [-0.1, -0.05) is 11.6 Å². The molecule has 0 bridgehead atoms. The number of nitrogens with zero attached hydrogens (tertiary/aromatic N) is 1. The molecule has 0 aromatic heterocycles. The molecule has 1 N–H and O–H groups in total. The summed E-state index contributed by atoms with van der Waals surface area (Å²) >= 11 is 5.74. The zero-order valence-corrected chi connectivity index (χ0v) is 14.1. The van der Waals surface area contributed by atoms with Crippen molar-refractivity contribution in [2.24, 2.45) is 5.10 Å². The summed E-state index contributed by atoms with van der Waals surface area (Å²) in [4.78, 5) is 2.21. The first kappa shape index (κ1) is 17.1. The highest BCUT2D eigenvalue weighted by molar-refractivity contribution is 7.89. The summed E-state index contributed by atoms with van der Waals surface area (Å²) in [5.74, 6) is 1.14. The van der Waals surface area contributed by atoms with E-state index < -0.39 is 10.0 Å². The van der Waals surface area contributed by atoms with Gasteiger partial charge in [-0.15, -0.1) is 0 Å². The third-order valence-corrected chi connectivity index (χ3v) is 4.43. The summed E-state index contributed by atoms with van der Waals surface area (Å²) in [6.45, 7) is 0. The molecule has 122 valence electrons. The van der Waals surface area contributed by atoms with Gasteiger partial charge in [0.25, 0.3) is 10.0 Å². The molecule has 6 nitrogen and oxygen atoms in total. The first-order valence-corrected chi connectivity index (χ1v) is 8.35. The number of hydrogen-bond acceptors (Lipinski definition) is 5. The zero-order chi connectivity index (χ0) is 16.9. The van der Waals surface area contributed by atoms with Crippen molar-refractivity contribution in [1.82, 2.24) is 4.83 Å². The molecule has 0 saturated heterocycles. The summed E-state index contributed by atoms with van der Waals surface area (Å²) in [6.07, 6.45) is 1.35. The number of hydrogen-bond donors (Lipinski definition) is 1. The lowest BCUT2D eigenvalue weighted by atomic mass is 10.2. The predicted molar refractivity (Wildman–Crippen MR) is 88.9 cm³/mol. The summed E-state index contributed by atoms with van der Waals surface area (Å²) in [7, 11) is -0.703. The monoisotopic (exact) mass is 354 g/mol. The van der Waals surface area contributed by atoms with Gasteiger partial charge in [-0.2, -0.15) is 13.5 Å². The van der Waals surface area contributed by atoms with E-state index in [-0.39, 0.29) is 4.90 Å². The van der Waals surface area contributed by atoms with Crippen LogP contribution >= 0.6 is 11.6 Å². The third kappa shape index (κ3) is 4.37. The Kier molecular flexibility index (Phi) is 5.46. The van der Waals surface area contributed by atoms with Gasteiger partial charge < -0.3 is 9.47 Å². The smallest absolute Gasteiger partial charge is 0.276 e. The fraction of sp³-hybridized carbons (Fsp3) is 0.133. The minimum absolute atomic E-state index is 0.0701. The number of benzene rings is 2. The van der Waals surface area contributed by atoms with Crippen LogP contribution in [0, 0.1) is 0 Å². The molecule has 0 atom stereocenters. The second kappa shape index (κ2) is 7.34. The molecule has 0 unspecified atom stereocenters. The molecule has 2 rings (SSSR count). The van der Waals surface area contributed by atoms with Crippen molar-refractivity contribution >= 4 is 27.8 Å². The normalized spacial score (nSPS) is 11.4. The molecular weight excluding hydrogens is 340 g/mol. The van der Waals surface area contributed by atoms with E-state index in [1.165, 1.54) is 37.6 Å². The molecule has 0 aliphatic rings. The molecule has 8 heteroatoms. The topological polar surface area (TPSA) is 77.0 Å². The van der Waals surface area contributed by atoms with Crippen LogP contribution in [0.15, 0.2) is 52.5 Å². The average Bonchev–Trinajstić information content (AvgIpc) is 2.55. The molecule has 0 aliphatic heterocycles. The molecule has 0 heterocycles. The van der Waals surface area contributed by atoms with Gasteiger partial charge in [0.05, 0.1) is 25.3 Å². The van der Waals surface area contributed by atoms with Crippen LogP contribution in [0.5, 0.6) is 11.5 Å². The lowest BCUT2D eigenvalue weighted by Crippen LogP contribution is -2.18. The quantitative estimate of drug-likeness (QED) is 0.639. The highest BCUT2D eigenvalue weighted by atomic mass is 35.5. The van der Waals surface area contributed by atoms with E-state index in [0.29, 0.717) is 22.1 Å². The lowest BCUT2D eigenvalue weighted by molar-refractivity contribution is 0.394. The fourth-order valence-corrected chi connectivity index (χ4v) is 2.67. The SMILES string of the molecule is COc1ccc(/C=N/NS(=O)(=O)c2ccc(Cl)cc2)c(OC)c1. The highest BCUT2D eigenvalue weighted by Crippen LogP contribution is 2.23. The predicted octanol–water partition coefficient (Wildman–Crippen LogP) is 2.67. The van der Waals surface area contributed by atoms with Crippen molar-refractivity contribution in [1.29, 1.82) is 0 Å². The molecular formula is C15H15ClN2O4S. The highest BCUT2D eigenvalue weighted by Gasteiger charge is 2.12. The maximum absolute atomic E-state index is 12.1. The number of nitrogens with one attached hydrogen (secondary N) is 1. The standard InChI is InChI=1S/C15H15ClN2O4S/c1-21-13-6-3-11(15(9-13)22-2)10-17-18-23(19,20)14-7-4-12(16)5-8-14/h3-10,18H,1-2H3/b17-10+. The van der Waals surface area contributed by atoms with Crippen LogP contribution in [0.2, 0.25) is 5.02 Å². The Balaban J connectivity index is 2.16. The van der Waals surface area contributed by atoms with Crippen LogP contribution in [-0.4, -0.2) is 28.9 Å². The molecule has 0 fully saturated rings. The van der Waals surface area contributed by atoms with Gasteiger partial charge in [-0.25, -0.2) is 4.83 Å². The first-order valence-electron chi connectivity index (χ1n) is 6.49. The number of halogens is 1. The van der Waals surface area contributed by atoms with Gasteiger partial charge >= 0.3 is 0 Å². The van der Waals surface area contributed by atoms with E-state index in [9.17, 15) is 8.42 Å². The average molecular weight is 355 g/mol. The van der Waals surface area contributed by atoms with Crippen LogP contribution in [0.1, 0.15) is 5.56 Å². The second-order valence-electron chi connectivity index (χ2n) is 4.41. The Morgan fingerprint density at radius 2 is 1.78 bits per heavy atom. The minimum atomic E-state index is -3.75. The Hall–Kier alpha value is -2.25. The second-order valence-corrected chi connectivity index (χ2v) is 6.51. The first-order chi connectivity index (χ1) is 11.0. The largest absolute Gasteiger partial charge is 0.497 e. The van der Waals surface area contributed by atoms with Crippen LogP contribution in [-0.2, 0) is 10.0 Å². The lowest BCUT2D eigenvalue weighted by Gasteiger charge is -2.07. The Morgan fingerprint density at radius 3 is 2.39 bits per heavy atom. The Labute approximate surface area is 139 Å². The van der Waals surface area contributed by atoms with Crippen molar-refractivity contribution < 1.29 is 17.9 Å². The van der Waals surface area contributed by atoms with Crippen molar-refractivity contribution in [3.8, 4) is 11.5 Å². The number of rotatable bonds is 6. The molecule has 0 spiro atoms. The summed E-state index contributed by atoms with van der Waals surface area (Å²) < 4.78 is 34.4. The summed E-state index contributed by atoms with van der Waals surface area (Å²) in [5, 5.41) is 4.21. The molecule has 2 aromatic rings. The van der Waals surface area contributed by atoms with Gasteiger partial charge in [0, 0.05) is 16.7 Å². The van der Waals surface area contributed by atoms with E-state index in [4.69, 9.17) is 21.1 Å². The zero-order valence-electron chi connectivity index (χ0n) is 12.5. The van der Waals surface area contributed by atoms with Crippen molar-refractivity contribution in [3.05, 3.63) is 53.1 Å². The van der Waals surface area contributed by atoms with Crippen LogP contribution in [0.25, 0.3) is 0 Å². The Bertz CT molecular complexity index is 805. The maximum atomic E-state index is 12.1. The van der Waals surface area contributed by atoms with Gasteiger partial charge in [0.15, 0.2) is 0 Å². The maximum Gasteiger partial charge on any atom is 0.276 e. The minimum Gasteiger partial charge on any atom is -0.497 e. The van der Waals surface area contributed by atoms with Crippen LogP contribution < -0.4 is 14.3 Å². The van der Waals surface area contributed by atoms with Crippen molar-refractivity contribution in [3.63, 3.8) is 0 Å². The molecule has 0 saturated carbocycles. The van der Waals surface area contributed by atoms with E-state index in [1.807, 2.05) is 0 Å². The van der Waals surface area contributed by atoms with Crippen LogP contribution in [0.4, 0.5) is 0 Å². The van der Waals surface area contributed by atoms with Crippen molar-refractivity contribution in [2.75, 3.05) is 14.2 Å². The van der Waals surface area contributed by atoms with Gasteiger partial charge in [0.2, 0.25) is 0 Å². The van der Waals surface area contributed by atoms with Gasteiger partial charge in [-0.3, -0.25) is 0 Å². The van der Waals surface area contributed by atoms with Crippen LogP contribution in [0.3, 0.4) is 0 Å². The number of ether oxygens (including phenoxy) is 2. The number of methoxy groups -OCH3 is 2. The Morgan fingerprint density at radius 1 is 1.09 bits per heavy atom. The number of hydrazone groups is 1. The van der Waals surface area contributed by atoms with E-state index in [2.05, 4.69) is 9.93 Å². The third-order valence-electron chi connectivity index (χ3n) is 2.94. The fourth-order valence-electron chi connectivity index (χ4n) is 1.76. The summed E-state index contributed by atoms with van der Waals surface area (Å²) in [6, 6.07) is 10.9. The van der Waals surface area contributed by atoms with E-state index in [0.717, 1.165) is 0 Å². The summed E-state index contributed by atoms with van der Waals surface area (Å²) in [5.41, 5.74) is 0.604. The molecule has 0 radical (unpaired) electrons. The van der Waals surface area contributed by atoms with Gasteiger partial charge in [-0.05, 0) is 36.4 Å². The number of sulfonamides is 1.